The van der Waals surface area contributed by atoms with Crippen molar-refractivity contribution in [1.82, 2.24) is 0 Å². The molecule has 0 aromatic heterocycles. The van der Waals surface area contributed by atoms with Crippen molar-refractivity contribution in [3.8, 4) is 0 Å². The van der Waals surface area contributed by atoms with Crippen LogP contribution in [0.1, 0.15) is 32.3 Å². The van der Waals surface area contributed by atoms with E-state index < -0.39 is 11.7 Å². The number of benzene rings is 1. The number of hydrogen-bond donors (Lipinski definition) is 0. The van der Waals surface area contributed by atoms with Gasteiger partial charge in [-0.1, -0.05) is 18.2 Å². The van der Waals surface area contributed by atoms with Crippen LogP contribution in [0, 0.1) is 5.92 Å². The van der Waals surface area contributed by atoms with Crippen LogP contribution in [0.3, 0.4) is 0 Å². The number of esters is 1. The quantitative estimate of drug-likeness (QED) is 0.746. The van der Waals surface area contributed by atoms with Gasteiger partial charge in [0.1, 0.15) is 5.60 Å². The van der Waals surface area contributed by atoms with E-state index in [0.29, 0.717) is 0 Å². The number of hydrogen-bond acceptors (Lipinski definition) is 4. The summed E-state index contributed by atoms with van der Waals surface area (Å²) in [6.07, 6.45) is -0.408. The van der Waals surface area contributed by atoms with Gasteiger partial charge in [-0.3, -0.25) is 9.69 Å². The Kier molecular flexibility index (Phi) is 2.97. The van der Waals surface area contributed by atoms with E-state index in [1.54, 1.807) is 4.90 Å². The van der Waals surface area contributed by atoms with Crippen molar-refractivity contribution in [1.29, 1.82) is 0 Å². The van der Waals surface area contributed by atoms with E-state index in [1.165, 1.54) is 7.11 Å². The monoisotopic (exact) mass is 289 g/mol. The molecule has 5 heteroatoms. The summed E-state index contributed by atoms with van der Waals surface area (Å²) < 4.78 is 10.3. The van der Waals surface area contributed by atoms with Crippen LogP contribution >= 0.6 is 0 Å². The van der Waals surface area contributed by atoms with Gasteiger partial charge >= 0.3 is 12.1 Å². The summed E-state index contributed by atoms with van der Waals surface area (Å²) in [6, 6.07) is 7.47. The molecule has 3 rings (SSSR count). The van der Waals surface area contributed by atoms with Gasteiger partial charge in [-0.05, 0) is 32.4 Å². The average molecular weight is 289 g/mol. The zero-order valence-electron chi connectivity index (χ0n) is 12.6. The highest BCUT2D eigenvalue weighted by Crippen LogP contribution is 2.60. The number of methoxy groups -OCH3 is 1. The average Bonchev–Trinajstić information content (AvgIpc) is 3.02. The van der Waals surface area contributed by atoms with Gasteiger partial charge in [-0.15, -0.1) is 0 Å². The Labute approximate surface area is 123 Å². The maximum Gasteiger partial charge on any atom is 0.415 e. The molecule has 3 atom stereocenters. The fourth-order valence-electron chi connectivity index (χ4n) is 3.10. The van der Waals surface area contributed by atoms with E-state index in [1.807, 2.05) is 45.0 Å². The Balaban J connectivity index is 1.93. The Morgan fingerprint density at radius 2 is 1.86 bits per heavy atom. The normalized spacial score (nSPS) is 25.9. The molecule has 21 heavy (non-hydrogen) atoms. The number of amides is 1. The number of para-hydroxylation sites is 1. The molecule has 0 N–H and O–H groups in total. The van der Waals surface area contributed by atoms with Crippen LogP contribution in [0.25, 0.3) is 0 Å². The van der Waals surface area contributed by atoms with Gasteiger partial charge in [0, 0.05) is 5.92 Å². The second-order valence-corrected chi connectivity index (χ2v) is 6.47. The SMILES string of the molecule is COC(=O)C1C2c3ccccc3N(C(=O)OC(C)(C)C)C12. The highest BCUT2D eigenvalue weighted by Gasteiger charge is 2.66. The van der Waals surface area contributed by atoms with E-state index in [-0.39, 0.29) is 23.8 Å². The molecule has 2 aliphatic rings. The highest BCUT2D eigenvalue weighted by atomic mass is 16.6. The van der Waals surface area contributed by atoms with E-state index in [9.17, 15) is 9.59 Å². The number of carbonyl (C=O) groups is 2. The molecule has 5 nitrogen and oxygen atoms in total. The molecule has 0 saturated heterocycles. The van der Waals surface area contributed by atoms with Crippen molar-refractivity contribution >= 4 is 17.7 Å². The zero-order chi connectivity index (χ0) is 15.4. The smallest absolute Gasteiger partial charge is 0.415 e. The van der Waals surface area contributed by atoms with Crippen LogP contribution in [0.2, 0.25) is 0 Å². The number of anilines is 1. The maximum atomic E-state index is 12.5. The summed E-state index contributed by atoms with van der Waals surface area (Å²) in [4.78, 5) is 25.9. The molecule has 0 radical (unpaired) electrons. The molecule has 0 spiro atoms. The predicted molar refractivity (Wildman–Crippen MR) is 77.2 cm³/mol. The lowest BCUT2D eigenvalue weighted by molar-refractivity contribution is -0.142. The number of fused-ring (bicyclic) bond motifs is 3. The third-order valence-corrected chi connectivity index (χ3v) is 3.90. The van der Waals surface area contributed by atoms with E-state index in [4.69, 9.17) is 9.47 Å². The first-order chi connectivity index (χ1) is 9.85. The van der Waals surface area contributed by atoms with Gasteiger partial charge in [0.2, 0.25) is 0 Å². The lowest BCUT2D eigenvalue weighted by Gasteiger charge is -2.26. The van der Waals surface area contributed by atoms with Crippen LogP contribution in [-0.2, 0) is 14.3 Å². The molecule has 3 unspecified atom stereocenters. The summed E-state index contributed by atoms with van der Waals surface area (Å²) in [5, 5.41) is 0. The number of ether oxygens (including phenoxy) is 2. The molecule has 1 aliphatic heterocycles. The molecule has 1 heterocycles. The fraction of sp³-hybridized carbons (Fsp3) is 0.500. The molecule has 1 aromatic carbocycles. The molecule has 0 bridgehead atoms. The number of rotatable bonds is 1. The first-order valence-electron chi connectivity index (χ1n) is 7.04. The van der Waals surface area contributed by atoms with Gasteiger partial charge < -0.3 is 9.47 Å². The molecule has 1 amide bonds. The lowest BCUT2D eigenvalue weighted by Crippen LogP contribution is -2.38. The minimum Gasteiger partial charge on any atom is -0.469 e. The van der Waals surface area contributed by atoms with Gasteiger partial charge in [0.15, 0.2) is 0 Å². The van der Waals surface area contributed by atoms with Crippen molar-refractivity contribution in [2.75, 3.05) is 12.0 Å². The van der Waals surface area contributed by atoms with E-state index in [2.05, 4.69) is 0 Å². The van der Waals surface area contributed by atoms with Crippen molar-refractivity contribution in [2.45, 2.75) is 38.3 Å². The van der Waals surface area contributed by atoms with Crippen LogP contribution in [0.4, 0.5) is 10.5 Å². The van der Waals surface area contributed by atoms with Crippen molar-refractivity contribution in [3.05, 3.63) is 29.8 Å². The van der Waals surface area contributed by atoms with Crippen LogP contribution in [-0.4, -0.2) is 30.8 Å². The highest BCUT2D eigenvalue weighted by molar-refractivity contribution is 5.98. The van der Waals surface area contributed by atoms with Crippen LogP contribution in [0.5, 0.6) is 0 Å². The van der Waals surface area contributed by atoms with Gasteiger partial charge in [-0.25, -0.2) is 4.79 Å². The standard InChI is InChI=1S/C16H19NO4/c1-16(2,3)21-15(19)17-10-8-6-5-7-9(10)11-12(13(11)17)14(18)20-4/h5-8,11-13H,1-4H3. The number of carbonyl (C=O) groups excluding carboxylic acids is 2. The molecular formula is C16H19NO4. The third-order valence-electron chi connectivity index (χ3n) is 3.90. The maximum absolute atomic E-state index is 12.5. The summed E-state index contributed by atoms with van der Waals surface area (Å²) in [7, 11) is 1.38. The summed E-state index contributed by atoms with van der Waals surface area (Å²) in [5.41, 5.74) is 1.28. The minimum atomic E-state index is -0.570. The molecular weight excluding hydrogens is 270 g/mol. The topological polar surface area (TPSA) is 55.8 Å². The molecule has 1 saturated carbocycles. The summed E-state index contributed by atoms with van der Waals surface area (Å²) in [5.74, 6) is -0.522. The Morgan fingerprint density at radius 1 is 1.19 bits per heavy atom. The second-order valence-electron chi connectivity index (χ2n) is 6.47. The molecule has 1 aliphatic carbocycles. The van der Waals surface area contributed by atoms with Crippen molar-refractivity contribution in [2.24, 2.45) is 5.92 Å². The molecule has 112 valence electrons. The second kappa shape index (κ2) is 4.48. The van der Waals surface area contributed by atoms with Crippen molar-refractivity contribution < 1.29 is 19.1 Å². The Hall–Kier alpha value is -2.04. The zero-order valence-corrected chi connectivity index (χ0v) is 12.6. The minimum absolute atomic E-state index is 0.0289. The van der Waals surface area contributed by atoms with Gasteiger partial charge in [0.05, 0.1) is 24.8 Å². The first-order valence-corrected chi connectivity index (χ1v) is 7.04. The predicted octanol–water partition coefficient (Wildman–Crippen LogP) is 2.70. The third kappa shape index (κ3) is 2.17. The van der Waals surface area contributed by atoms with Crippen LogP contribution < -0.4 is 4.90 Å². The first kappa shape index (κ1) is 13.9. The molecule has 1 aromatic rings. The number of nitrogens with zero attached hydrogens (tertiary/aromatic N) is 1. The Bertz CT molecular complexity index is 605. The van der Waals surface area contributed by atoms with E-state index in [0.717, 1.165) is 11.3 Å². The van der Waals surface area contributed by atoms with Crippen LogP contribution in [0.15, 0.2) is 24.3 Å². The van der Waals surface area contributed by atoms with Crippen molar-refractivity contribution in [3.63, 3.8) is 0 Å². The van der Waals surface area contributed by atoms with Gasteiger partial charge in [0.25, 0.3) is 0 Å². The molecule has 1 fully saturated rings. The lowest BCUT2D eigenvalue weighted by atomic mass is 10.1. The summed E-state index contributed by atoms with van der Waals surface area (Å²) >= 11 is 0. The van der Waals surface area contributed by atoms with Gasteiger partial charge in [-0.2, -0.15) is 0 Å². The fourth-order valence-corrected chi connectivity index (χ4v) is 3.10. The Morgan fingerprint density at radius 3 is 2.48 bits per heavy atom. The van der Waals surface area contributed by atoms with E-state index >= 15 is 0 Å². The summed E-state index contributed by atoms with van der Waals surface area (Å²) in [6.45, 7) is 5.49. The largest absolute Gasteiger partial charge is 0.469 e.